The molecule has 8 nitrogen and oxygen atoms in total. The van der Waals surface area contributed by atoms with Crippen molar-refractivity contribution in [3.05, 3.63) is 107 Å². The molecule has 3 N–H and O–H groups in total. The molecule has 0 spiro atoms. The molecule has 208 valence electrons. The molecule has 1 aliphatic rings. The predicted molar refractivity (Wildman–Crippen MR) is 150 cm³/mol. The third kappa shape index (κ3) is 5.29. The molecule has 3 aromatic carbocycles. The maximum atomic E-state index is 14.5. The van der Waals surface area contributed by atoms with Crippen molar-refractivity contribution in [2.24, 2.45) is 5.14 Å². The minimum Gasteiger partial charge on any atom is -0.476 e. The summed E-state index contributed by atoms with van der Waals surface area (Å²) in [4.78, 5) is 15.7. The zero-order valence-electron chi connectivity index (χ0n) is 21.2. The Kier molecular flexibility index (Phi) is 6.56. The fraction of sp³-hybridized carbons (Fsp3) is 0.138. The number of carbonyl (C=O) groups is 1. The number of alkyl halides is 2. The molecule has 41 heavy (non-hydrogen) atoms. The third-order valence-electron chi connectivity index (χ3n) is 6.94. The quantitative estimate of drug-likeness (QED) is 0.237. The second-order valence-electron chi connectivity index (χ2n) is 9.77. The molecule has 2 aromatic heterocycles. The lowest BCUT2D eigenvalue weighted by Crippen LogP contribution is -2.11. The van der Waals surface area contributed by atoms with E-state index in [-0.39, 0.29) is 34.3 Å². The zero-order chi connectivity index (χ0) is 28.9. The van der Waals surface area contributed by atoms with Crippen LogP contribution in [0.15, 0.2) is 89.1 Å². The van der Waals surface area contributed by atoms with E-state index >= 15 is 0 Å². The number of halogens is 2. The number of primary sulfonamides is 1. The minimum absolute atomic E-state index is 0.0642. The van der Waals surface area contributed by atoms with Crippen LogP contribution in [-0.2, 0) is 16.4 Å². The lowest BCUT2D eigenvalue weighted by molar-refractivity contribution is 0.0691. The van der Waals surface area contributed by atoms with Gasteiger partial charge in [-0.3, -0.25) is 0 Å². The minimum atomic E-state index is -3.91. The summed E-state index contributed by atoms with van der Waals surface area (Å²) in [5.74, 6) is -5.25. The molecule has 2 heterocycles. The van der Waals surface area contributed by atoms with Crippen LogP contribution in [0, 0.1) is 0 Å². The van der Waals surface area contributed by atoms with E-state index in [9.17, 15) is 27.1 Å². The molecular formula is C29H22F2N4O4S2. The second kappa shape index (κ2) is 9.98. The Morgan fingerprint density at radius 1 is 1.02 bits per heavy atom. The molecule has 1 atom stereocenters. The van der Waals surface area contributed by atoms with Gasteiger partial charge in [-0.15, -0.1) is 11.3 Å². The van der Waals surface area contributed by atoms with E-state index < -0.39 is 27.8 Å². The van der Waals surface area contributed by atoms with Crippen LogP contribution in [0.25, 0.3) is 27.5 Å². The average Bonchev–Trinajstić information content (AvgIpc) is 3.27. The highest BCUT2D eigenvalue weighted by molar-refractivity contribution is 7.89. The molecule has 0 saturated heterocycles. The van der Waals surface area contributed by atoms with Crippen LogP contribution in [0.5, 0.6) is 0 Å². The number of aromatic nitrogens is 3. The summed E-state index contributed by atoms with van der Waals surface area (Å²) in [6.45, 7) is 0. The number of nitrogens with zero attached hydrogens (tertiary/aromatic N) is 3. The number of hydrogen-bond acceptors (Lipinski definition) is 6. The van der Waals surface area contributed by atoms with Gasteiger partial charge in [-0.25, -0.2) is 36.8 Å². The van der Waals surface area contributed by atoms with E-state index in [0.29, 0.717) is 22.4 Å². The number of rotatable bonds is 8. The van der Waals surface area contributed by atoms with E-state index in [4.69, 9.17) is 5.14 Å². The summed E-state index contributed by atoms with van der Waals surface area (Å²) in [6.07, 6.45) is -0.196. The number of aromatic carboxylic acids is 1. The number of sulfonamides is 1. The Hall–Kier alpha value is -4.26. The molecule has 1 aliphatic carbocycles. The topological polar surface area (TPSA) is 128 Å². The number of thiazole rings is 1. The largest absolute Gasteiger partial charge is 0.476 e. The van der Waals surface area contributed by atoms with Crippen molar-refractivity contribution >= 4 is 27.3 Å². The van der Waals surface area contributed by atoms with Gasteiger partial charge in [0, 0.05) is 29.3 Å². The number of carboxylic acid groups (broad SMARTS) is 1. The highest BCUT2D eigenvalue weighted by atomic mass is 32.2. The van der Waals surface area contributed by atoms with Gasteiger partial charge in [0.05, 0.1) is 22.2 Å². The standard InChI is InChI=1S/C29H22F2N4O4S2/c30-29(31)15-23(29)25-22(13-17-9-11-21(12-10-17)41(32,38)39)26(35(34-25)28-33-24(16-40-28)27(36)37)20-8-4-7-19(14-20)18-5-2-1-3-6-18/h1-12,14,16,23H,13,15H2,(H,36,37)(H2,32,38,39). The predicted octanol–water partition coefficient (Wildman–Crippen LogP) is 5.72. The van der Waals surface area contributed by atoms with Gasteiger partial charge in [-0.05, 0) is 34.9 Å². The molecule has 1 saturated carbocycles. The van der Waals surface area contributed by atoms with Crippen molar-refractivity contribution in [3.63, 3.8) is 0 Å². The summed E-state index contributed by atoms with van der Waals surface area (Å²) in [7, 11) is -3.91. The van der Waals surface area contributed by atoms with Crippen LogP contribution in [0.1, 0.15) is 39.6 Å². The van der Waals surface area contributed by atoms with Crippen molar-refractivity contribution in [1.29, 1.82) is 0 Å². The molecule has 0 aliphatic heterocycles. The number of hydrogen-bond donors (Lipinski definition) is 2. The Bertz CT molecular complexity index is 1890. The first-order chi connectivity index (χ1) is 19.5. The van der Waals surface area contributed by atoms with E-state index in [0.717, 1.165) is 22.5 Å². The molecule has 1 fully saturated rings. The van der Waals surface area contributed by atoms with Gasteiger partial charge in [0.1, 0.15) is 0 Å². The smallest absolute Gasteiger partial charge is 0.355 e. The normalized spacial score (nSPS) is 16.0. The maximum Gasteiger partial charge on any atom is 0.355 e. The van der Waals surface area contributed by atoms with Crippen LogP contribution in [0.2, 0.25) is 0 Å². The molecule has 6 rings (SSSR count). The van der Waals surface area contributed by atoms with Gasteiger partial charge >= 0.3 is 5.97 Å². The Morgan fingerprint density at radius 2 is 1.68 bits per heavy atom. The Balaban J connectivity index is 1.56. The molecule has 0 radical (unpaired) electrons. The first kappa shape index (κ1) is 26.9. The van der Waals surface area contributed by atoms with E-state index in [1.807, 2.05) is 54.6 Å². The van der Waals surface area contributed by atoms with Crippen molar-refractivity contribution in [3.8, 4) is 27.5 Å². The van der Waals surface area contributed by atoms with E-state index in [2.05, 4.69) is 10.1 Å². The fourth-order valence-electron chi connectivity index (χ4n) is 4.80. The lowest BCUT2D eigenvalue weighted by atomic mass is 9.95. The van der Waals surface area contributed by atoms with Crippen LogP contribution >= 0.6 is 11.3 Å². The average molecular weight is 593 g/mol. The highest BCUT2D eigenvalue weighted by Crippen LogP contribution is 2.57. The zero-order valence-corrected chi connectivity index (χ0v) is 22.9. The van der Waals surface area contributed by atoms with Crippen LogP contribution in [0.4, 0.5) is 8.78 Å². The molecule has 12 heteroatoms. The first-order valence-corrected chi connectivity index (χ1v) is 14.9. The number of benzene rings is 3. The van der Waals surface area contributed by atoms with Gasteiger partial charge in [-0.1, -0.05) is 60.7 Å². The van der Waals surface area contributed by atoms with Crippen LogP contribution < -0.4 is 5.14 Å². The Morgan fingerprint density at radius 3 is 2.29 bits per heavy atom. The fourth-order valence-corrected chi connectivity index (χ4v) is 6.07. The number of carboxylic acids is 1. The van der Waals surface area contributed by atoms with Gasteiger partial charge in [-0.2, -0.15) is 5.10 Å². The third-order valence-corrected chi connectivity index (χ3v) is 8.68. The van der Waals surface area contributed by atoms with Crippen molar-refractivity contribution < 1.29 is 27.1 Å². The van der Waals surface area contributed by atoms with Gasteiger partial charge in [0.2, 0.25) is 15.2 Å². The second-order valence-corrected chi connectivity index (χ2v) is 12.2. The summed E-state index contributed by atoms with van der Waals surface area (Å²) in [5.41, 5.74) is 4.22. The summed E-state index contributed by atoms with van der Waals surface area (Å²) in [6, 6.07) is 23.1. The van der Waals surface area contributed by atoms with E-state index in [1.165, 1.54) is 22.2 Å². The molecular weight excluding hydrogens is 570 g/mol. The molecule has 0 bridgehead atoms. The summed E-state index contributed by atoms with van der Waals surface area (Å²) in [5, 5.41) is 20.9. The maximum absolute atomic E-state index is 14.5. The Labute approximate surface area is 237 Å². The summed E-state index contributed by atoms with van der Waals surface area (Å²) >= 11 is 1.05. The van der Waals surface area contributed by atoms with Gasteiger partial charge in [0.25, 0.3) is 5.92 Å². The first-order valence-electron chi connectivity index (χ1n) is 12.5. The SMILES string of the molecule is NS(=O)(=O)c1ccc(Cc2c(C3CC3(F)F)nn(-c3nc(C(=O)O)cs3)c2-c2cccc(-c3ccccc3)c2)cc1. The molecule has 5 aromatic rings. The van der Waals surface area contributed by atoms with Gasteiger partial charge < -0.3 is 5.11 Å². The lowest BCUT2D eigenvalue weighted by Gasteiger charge is -2.11. The van der Waals surface area contributed by atoms with Crippen molar-refractivity contribution in [2.45, 2.75) is 29.6 Å². The van der Waals surface area contributed by atoms with E-state index in [1.54, 1.807) is 12.1 Å². The van der Waals surface area contributed by atoms with Crippen molar-refractivity contribution in [1.82, 2.24) is 14.8 Å². The van der Waals surface area contributed by atoms with Crippen LogP contribution in [0.3, 0.4) is 0 Å². The monoisotopic (exact) mass is 592 g/mol. The van der Waals surface area contributed by atoms with Crippen molar-refractivity contribution in [2.75, 3.05) is 0 Å². The summed E-state index contributed by atoms with van der Waals surface area (Å²) < 4.78 is 54.0. The van der Waals surface area contributed by atoms with Gasteiger partial charge in [0.15, 0.2) is 5.69 Å². The molecule has 1 unspecified atom stereocenters. The van der Waals surface area contributed by atoms with Crippen LogP contribution in [-0.4, -0.2) is 40.2 Å². The highest BCUT2D eigenvalue weighted by Gasteiger charge is 2.60. The number of nitrogens with two attached hydrogens (primary N) is 1. The molecule has 0 amide bonds.